The predicted molar refractivity (Wildman–Crippen MR) is 120 cm³/mol. The monoisotopic (exact) mass is 437 g/mol. The minimum Gasteiger partial charge on any atom is -0.258 e. The maximum atomic E-state index is 11.0. The molecule has 0 unspecified atom stereocenters. The number of rotatable bonds is 7. The average molecular weight is 437 g/mol. The summed E-state index contributed by atoms with van der Waals surface area (Å²) < 4.78 is 1.67. The first-order chi connectivity index (χ1) is 14.8. The minimum atomic E-state index is -0.453. The van der Waals surface area contributed by atoms with Crippen LogP contribution in [-0.4, -0.2) is 26.8 Å². The number of non-ortho nitro benzene ring substituents is 2. The van der Waals surface area contributed by atoms with Crippen molar-refractivity contribution in [2.24, 2.45) is 10.1 Å². The molecule has 0 amide bonds. The average Bonchev–Trinajstić information content (AvgIpc) is 3.14. The van der Waals surface area contributed by atoms with Gasteiger partial charge in [0, 0.05) is 35.2 Å². The Bertz CT molecular complexity index is 1240. The van der Waals surface area contributed by atoms with Gasteiger partial charge in [0.15, 0.2) is 0 Å². The zero-order valence-corrected chi connectivity index (χ0v) is 17.7. The molecular weight excluding hydrogens is 418 g/mol. The van der Waals surface area contributed by atoms with Crippen molar-refractivity contribution >= 4 is 28.4 Å². The Kier molecular flexibility index (Phi) is 6.51. The van der Waals surface area contributed by atoms with Crippen LogP contribution in [0.25, 0.3) is 11.3 Å². The van der Waals surface area contributed by atoms with Crippen molar-refractivity contribution in [3.05, 3.63) is 96.7 Å². The lowest BCUT2D eigenvalue weighted by atomic mass is 10.1. The summed E-state index contributed by atoms with van der Waals surface area (Å²) >= 11 is 1.39. The molecule has 1 heterocycles. The topological polar surface area (TPSA) is 116 Å². The number of thiazole rings is 1. The number of benzene rings is 2. The van der Waals surface area contributed by atoms with Gasteiger partial charge in [-0.2, -0.15) is 5.10 Å². The largest absolute Gasteiger partial charge is 0.269 e. The van der Waals surface area contributed by atoms with E-state index in [4.69, 9.17) is 5.10 Å². The van der Waals surface area contributed by atoms with Crippen LogP contribution < -0.4 is 4.80 Å². The maximum Gasteiger partial charge on any atom is 0.269 e. The van der Waals surface area contributed by atoms with Gasteiger partial charge in [-0.25, -0.2) is 4.68 Å². The number of hydrogen-bond acceptors (Lipinski definition) is 7. The van der Waals surface area contributed by atoms with Gasteiger partial charge in [-0.1, -0.05) is 12.2 Å². The van der Waals surface area contributed by atoms with Gasteiger partial charge in [-0.05, 0) is 43.7 Å². The lowest BCUT2D eigenvalue weighted by molar-refractivity contribution is -0.385. The Morgan fingerprint density at radius 2 is 1.55 bits per heavy atom. The highest BCUT2D eigenvalue weighted by Crippen LogP contribution is 2.23. The SMILES string of the molecule is C=C(C)CN=c1scc(-c2ccc([N+](=O)[O-])cc2)n1N=C(C)c1ccc([N+](=O)[O-])cc1. The van der Waals surface area contributed by atoms with Crippen LogP contribution in [0.4, 0.5) is 11.4 Å². The fourth-order valence-corrected chi connectivity index (χ4v) is 3.52. The third-order valence-electron chi connectivity index (χ3n) is 4.29. The van der Waals surface area contributed by atoms with Gasteiger partial charge in [0.25, 0.3) is 11.4 Å². The standard InChI is InChI=1S/C21H19N5O4S/c1-14(2)12-22-21-24(23-15(3)16-4-8-18(9-5-16)25(27)28)20(13-31-21)17-6-10-19(11-7-17)26(29)30/h4-11,13H,1,12H2,2-3H3. The van der Waals surface area contributed by atoms with Crippen molar-refractivity contribution in [2.45, 2.75) is 13.8 Å². The number of nitro benzene ring substituents is 2. The van der Waals surface area contributed by atoms with E-state index in [1.807, 2.05) is 12.3 Å². The summed E-state index contributed by atoms with van der Waals surface area (Å²) in [7, 11) is 0. The van der Waals surface area contributed by atoms with Gasteiger partial charge < -0.3 is 0 Å². The normalized spacial score (nSPS) is 12.1. The summed E-state index contributed by atoms with van der Waals surface area (Å²) in [5.41, 5.74) is 3.73. The van der Waals surface area contributed by atoms with Crippen molar-refractivity contribution in [1.29, 1.82) is 0 Å². The summed E-state index contributed by atoms with van der Waals surface area (Å²) in [5.74, 6) is 0. The molecule has 0 aliphatic heterocycles. The Hall–Kier alpha value is -3.92. The molecule has 0 saturated carbocycles. The highest BCUT2D eigenvalue weighted by molar-refractivity contribution is 7.07. The van der Waals surface area contributed by atoms with Gasteiger partial charge in [0.1, 0.15) is 0 Å². The summed E-state index contributed by atoms with van der Waals surface area (Å²) in [5, 5.41) is 28.4. The molecule has 0 bridgehead atoms. The second kappa shape index (κ2) is 9.26. The van der Waals surface area contributed by atoms with Crippen LogP contribution in [-0.2, 0) is 0 Å². The molecule has 0 spiro atoms. The van der Waals surface area contributed by atoms with Crippen molar-refractivity contribution in [1.82, 2.24) is 4.68 Å². The fourth-order valence-electron chi connectivity index (χ4n) is 2.69. The second-order valence-corrected chi connectivity index (χ2v) is 7.62. The van der Waals surface area contributed by atoms with Crippen molar-refractivity contribution in [3.8, 4) is 11.3 Å². The lowest BCUT2D eigenvalue weighted by Gasteiger charge is -2.06. The van der Waals surface area contributed by atoms with Crippen molar-refractivity contribution in [3.63, 3.8) is 0 Å². The van der Waals surface area contributed by atoms with E-state index in [1.165, 1.54) is 35.6 Å². The van der Waals surface area contributed by atoms with Crippen LogP contribution in [0.2, 0.25) is 0 Å². The van der Waals surface area contributed by atoms with E-state index in [2.05, 4.69) is 11.6 Å². The third-order valence-corrected chi connectivity index (χ3v) is 5.14. The lowest BCUT2D eigenvalue weighted by Crippen LogP contribution is -2.15. The van der Waals surface area contributed by atoms with Crippen LogP contribution >= 0.6 is 11.3 Å². The highest BCUT2D eigenvalue weighted by atomic mass is 32.1. The number of nitrogens with zero attached hydrogens (tertiary/aromatic N) is 5. The first-order valence-electron chi connectivity index (χ1n) is 9.17. The summed E-state index contributed by atoms with van der Waals surface area (Å²) in [4.78, 5) is 26.1. The molecule has 10 heteroatoms. The first-order valence-corrected chi connectivity index (χ1v) is 10.0. The molecule has 31 heavy (non-hydrogen) atoms. The third kappa shape index (κ3) is 5.17. The minimum absolute atomic E-state index is 0.00304. The van der Waals surface area contributed by atoms with E-state index in [-0.39, 0.29) is 11.4 Å². The number of hydrogen-bond donors (Lipinski definition) is 0. The number of nitro groups is 2. The predicted octanol–water partition coefficient (Wildman–Crippen LogP) is 4.78. The van der Waals surface area contributed by atoms with E-state index in [1.54, 1.807) is 35.9 Å². The van der Waals surface area contributed by atoms with Crippen LogP contribution in [0.1, 0.15) is 19.4 Å². The Balaban J connectivity index is 2.09. The zero-order valence-electron chi connectivity index (χ0n) is 16.9. The van der Waals surface area contributed by atoms with E-state index in [0.29, 0.717) is 17.1 Å². The van der Waals surface area contributed by atoms with Gasteiger partial charge in [-0.15, -0.1) is 11.3 Å². The van der Waals surface area contributed by atoms with E-state index in [0.717, 1.165) is 22.4 Å². The molecular formula is C21H19N5O4S. The quantitative estimate of drug-likeness (QED) is 0.229. The smallest absolute Gasteiger partial charge is 0.258 e. The summed E-state index contributed by atoms with van der Waals surface area (Å²) in [6.45, 7) is 7.98. The molecule has 2 aromatic carbocycles. The molecule has 1 aromatic heterocycles. The number of aromatic nitrogens is 1. The van der Waals surface area contributed by atoms with E-state index >= 15 is 0 Å². The Morgan fingerprint density at radius 1 is 1.00 bits per heavy atom. The van der Waals surface area contributed by atoms with Crippen LogP contribution in [0, 0.1) is 20.2 Å². The summed E-state index contributed by atoms with van der Waals surface area (Å²) in [6.07, 6.45) is 0. The van der Waals surface area contributed by atoms with Gasteiger partial charge in [0.05, 0.1) is 27.8 Å². The van der Waals surface area contributed by atoms with Gasteiger partial charge in [-0.3, -0.25) is 25.2 Å². The van der Waals surface area contributed by atoms with E-state index in [9.17, 15) is 20.2 Å². The molecule has 0 radical (unpaired) electrons. The molecule has 3 aromatic rings. The Labute approximate surface area is 181 Å². The molecule has 158 valence electrons. The fraction of sp³-hybridized carbons (Fsp3) is 0.143. The molecule has 0 aliphatic rings. The molecule has 0 atom stereocenters. The molecule has 9 nitrogen and oxygen atoms in total. The molecule has 0 N–H and O–H groups in total. The second-order valence-electron chi connectivity index (χ2n) is 6.78. The van der Waals surface area contributed by atoms with Crippen LogP contribution in [0.5, 0.6) is 0 Å². The van der Waals surface area contributed by atoms with Gasteiger partial charge >= 0.3 is 0 Å². The molecule has 3 rings (SSSR count). The summed E-state index contributed by atoms with van der Waals surface area (Å²) in [6, 6.07) is 12.3. The molecule has 0 fully saturated rings. The zero-order chi connectivity index (χ0) is 22.5. The van der Waals surface area contributed by atoms with Crippen molar-refractivity contribution in [2.75, 3.05) is 6.54 Å². The first kappa shape index (κ1) is 21.8. The molecule has 0 aliphatic carbocycles. The maximum absolute atomic E-state index is 11.0. The van der Waals surface area contributed by atoms with Gasteiger partial charge in [0.2, 0.25) is 4.80 Å². The van der Waals surface area contributed by atoms with E-state index < -0.39 is 9.85 Å². The Morgan fingerprint density at radius 3 is 2.06 bits per heavy atom. The highest BCUT2D eigenvalue weighted by Gasteiger charge is 2.12. The van der Waals surface area contributed by atoms with Crippen LogP contribution in [0.15, 0.2) is 76.2 Å². The van der Waals surface area contributed by atoms with Crippen LogP contribution in [0.3, 0.4) is 0 Å². The van der Waals surface area contributed by atoms with Crippen molar-refractivity contribution < 1.29 is 9.85 Å². The molecule has 0 saturated heterocycles.